The number of imide groups is 1. The van der Waals surface area contributed by atoms with Gasteiger partial charge in [-0.1, -0.05) is 37.1 Å². The highest BCUT2D eigenvalue weighted by atomic mass is 32.2. The number of halogens is 3. The lowest BCUT2D eigenvalue weighted by Gasteiger charge is -2.36. The van der Waals surface area contributed by atoms with E-state index in [9.17, 15) is 45.6 Å². The van der Waals surface area contributed by atoms with Gasteiger partial charge in [-0.15, -0.1) is 0 Å². The minimum atomic E-state index is -4.81. The normalized spacial score (nSPS) is 16.7. The smallest absolute Gasteiger partial charge is 0.368 e. The van der Waals surface area contributed by atoms with Crippen LogP contribution in [0.3, 0.4) is 0 Å². The minimum Gasteiger partial charge on any atom is -0.368 e. The predicted octanol–water partition coefficient (Wildman–Crippen LogP) is 6.45. The Morgan fingerprint density at radius 2 is 1.61 bits per heavy atom. The average Bonchev–Trinajstić information content (AvgIpc) is 3.86. The maximum atomic E-state index is 14.3. The van der Waals surface area contributed by atoms with Crippen LogP contribution in [0.1, 0.15) is 79.8 Å². The summed E-state index contributed by atoms with van der Waals surface area (Å²) in [5.41, 5.74) is 1.69. The molecular formula is C46H48F3N9O7S. The van der Waals surface area contributed by atoms with E-state index in [1.54, 1.807) is 48.5 Å². The summed E-state index contributed by atoms with van der Waals surface area (Å²) in [7, 11) is -3.84. The number of piperazine rings is 1. The third kappa shape index (κ3) is 9.73. The molecule has 3 aliphatic heterocycles. The van der Waals surface area contributed by atoms with Crippen molar-refractivity contribution in [1.29, 1.82) is 0 Å². The maximum Gasteiger partial charge on any atom is 0.419 e. The SMILES string of the molecule is CCS(=O)(=O)n1cc(-c2nc(Nc3ccc(N4CCN(C(=O)CCCCCCC(=O)Nc5cccc6c5CN(C5CCC(=O)NC5=O)C6=O)CC4)cc3)ncc2C(F)(F)F)c2ccccc21. The number of para-hydroxylation sites is 1. The van der Waals surface area contributed by atoms with Crippen molar-refractivity contribution in [2.45, 2.75) is 77.1 Å². The van der Waals surface area contributed by atoms with Gasteiger partial charge < -0.3 is 25.3 Å². The molecule has 20 heteroatoms. The summed E-state index contributed by atoms with van der Waals surface area (Å²) in [5.74, 6) is -1.65. The highest BCUT2D eigenvalue weighted by molar-refractivity contribution is 7.90. The van der Waals surface area contributed by atoms with Gasteiger partial charge in [-0.3, -0.25) is 29.3 Å². The summed E-state index contributed by atoms with van der Waals surface area (Å²) in [6.07, 6.45) is 0.977. The van der Waals surface area contributed by atoms with E-state index in [4.69, 9.17) is 0 Å². The Morgan fingerprint density at radius 1 is 0.879 bits per heavy atom. The van der Waals surface area contributed by atoms with Gasteiger partial charge in [0.05, 0.1) is 17.0 Å². The Bertz CT molecular complexity index is 2810. The molecule has 8 rings (SSSR count). The van der Waals surface area contributed by atoms with E-state index < -0.39 is 39.4 Å². The number of anilines is 4. The molecule has 0 spiro atoms. The average molecular weight is 928 g/mol. The third-order valence-corrected chi connectivity index (χ3v) is 13.8. The first-order valence-electron chi connectivity index (χ1n) is 21.9. The van der Waals surface area contributed by atoms with Crippen LogP contribution in [0.5, 0.6) is 0 Å². The number of unbranched alkanes of at least 4 members (excludes halogenated alkanes) is 3. The summed E-state index contributed by atoms with van der Waals surface area (Å²) < 4.78 is 69.5. The predicted molar refractivity (Wildman–Crippen MR) is 240 cm³/mol. The number of alkyl halides is 3. The summed E-state index contributed by atoms with van der Waals surface area (Å²) in [4.78, 5) is 76.7. The minimum absolute atomic E-state index is 0.00376. The van der Waals surface area contributed by atoms with Crippen molar-refractivity contribution in [3.05, 3.63) is 95.8 Å². The van der Waals surface area contributed by atoms with Crippen molar-refractivity contribution >= 4 is 73.5 Å². The van der Waals surface area contributed by atoms with Gasteiger partial charge in [0, 0.05) is 104 Å². The van der Waals surface area contributed by atoms with Gasteiger partial charge in [-0.2, -0.15) is 13.2 Å². The highest BCUT2D eigenvalue weighted by Gasteiger charge is 2.40. The second-order valence-electron chi connectivity index (χ2n) is 16.4. The number of nitrogens with one attached hydrogen (secondary N) is 3. The van der Waals surface area contributed by atoms with Gasteiger partial charge in [-0.25, -0.2) is 22.4 Å². The lowest BCUT2D eigenvalue weighted by Crippen LogP contribution is -2.52. The van der Waals surface area contributed by atoms with Gasteiger partial charge in [0.1, 0.15) is 11.6 Å². The molecule has 16 nitrogen and oxygen atoms in total. The first-order valence-corrected chi connectivity index (χ1v) is 23.5. The number of nitrogens with zero attached hydrogens (tertiary/aromatic N) is 6. The van der Waals surface area contributed by atoms with Crippen molar-refractivity contribution in [3.63, 3.8) is 0 Å². The van der Waals surface area contributed by atoms with Crippen LogP contribution in [0.15, 0.2) is 79.1 Å². The summed E-state index contributed by atoms with van der Waals surface area (Å²) in [5, 5.41) is 8.48. The van der Waals surface area contributed by atoms with E-state index in [0.29, 0.717) is 79.5 Å². The molecule has 0 saturated carbocycles. The van der Waals surface area contributed by atoms with Crippen molar-refractivity contribution in [2.24, 2.45) is 0 Å². The number of aromatic nitrogens is 3. The van der Waals surface area contributed by atoms with Crippen LogP contribution in [0, 0.1) is 0 Å². The van der Waals surface area contributed by atoms with Crippen LogP contribution in [-0.4, -0.2) is 99.7 Å². The van der Waals surface area contributed by atoms with Crippen LogP contribution in [0.25, 0.3) is 22.2 Å². The number of fused-ring (bicyclic) bond motifs is 2. The lowest BCUT2D eigenvalue weighted by atomic mass is 10.0. The molecule has 3 N–H and O–H groups in total. The second-order valence-corrected chi connectivity index (χ2v) is 18.6. The van der Waals surface area contributed by atoms with Gasteiger partial charge in [0.25, 0.3) is 5.91 Å². The third-order valence-electron chi connectivity index (χ3n) is 12.2. The Morgan fingerprint density at radius 3 is 2.32 bits per heavy atom. The van der Waals surface area contributed by atoms with E-state index in [0.717, 1.165) is 22.5 Å². The van der Waals surface area contributed by atoms with Gasteiger partial charge in [0.15, 0.2) is 0 Å². The number of hydrogen-bond donors (Lipinski definition) is 3. The first kappa shape index (κ1) is 45.7. The Balaban J connectivity index is 0.780. The van der Waals surface area contributed by atoms with Crippen molar-refractivity contribution in [3.8, 4) is 11.3 Å². The highest BCUT2D eigenvalue weighted by Crippen LogP contribution is 2.40. The molecule has 2 fully saturated rings. The van der Waals surface area contributed by atoms with Crippen LogP contribution in [-0.2, 0) is 41.9 Å². The van der Waals surface area contributed by atoms with E-state index >= 15 is 0 Å². The molecule has 5 amide bonds. The molecule has 346 valence electrons. The number of benzene rings is 3. The molecule has 66 heavy (non-hydrogen) atoms. The molecule has 2 saturated heterocycles. The van der Waals surface area contributed by atoms with Crippen LogP contribution in [0.4, 0.5) is 36.2 Å². The molecule has 5 aromatic rings. The van der Waals surface area contributed by atoms with Gasteiger partial charge >= 0.3 is 6.18 Å². The standard InChI is InChI=1S/C46H48F3N9O7S/c1-2-66(64,65)58-28-34(31-10-7-8-13-37(31)58)42-35(46(47,48)49)26-50-45(54-42)51-29-16-18-30(19-17-29)55-22-24-56(25-23-55)41(61)15-6-4-3-5-14-39(59)52-36-12-9-11-32-33(36)27-57(44(32)63)38-20-21-40(60)53-43(38)62/h7-13,16-19,26,28,38H,2-6,14-15,20-25,27H2,1H3,(H,52,59)(H,50,51,54)(H,53,60,62). The number of rotatable bonds is 15. The molecule has 1 atom stereocenters. The Kier molecular flexibility index (Phi) is 13.1. The second kappa shape index (κ2) is 18.9. The molecule has 3 aliphatic rings. The van der Waals surface area contributed by atoms with Crippen LogP contribution < -0.4 is 20.9 Å². The van der Waals surface area contributed by atoms with E-state index in [1.807, 2.05) is 17.0 Å². The fraction of sp³-hybridized carbons (Fsp3) is 0.370. The number of carbonyl (C=O) groups excluding carboxylic acids is 5. The molecular weight excluding hydrogens is 880 g/mol. The molecule has 0 bridgehead atoms. The van der Waals surface area contributed by atoms with Crippen LogP contribution >= 0.6 is 0 Å². The molecule has 5 heterocycles. The fourth-order valence-electron chi connectivity index (χ4n) is 8.65. The van der Waals surface area contributed by atoms with Crippen molar-refractivity contribution in [1.82, 2.24) is 29.1 Å². The maximum absolute atomic E-state index is 14.3. The van der Waals surface area contributed by atoms with Gasteiger partial charge in [0.2, 0.25) is 39.6 Å². The summed E-state index contributed by atoms with van der Waals surface area (Å²) in [6.45, 7) is 3.91. The van der Waals surface area contributed by atoms with Crippen molar-refractivity contribution in [2.75, 3.05) is 47.5 Å². The molecule has 0 aliphatic carbocycles. The van der Waals surface area contributed by atoms with E-state index in [2.05, 4.69) is 30.8 Å². The van der Waals surface area contributed by atoms with Gasteiger partial charge in [-0.05, 0) is 68.7 Å². The fourth-order valence-corrected chi connectivity index (χ4v) is 9.65. The molecule has 3 aromatic carbocycles. The van der Waals surface area contributed by atoms with Crippen molar-refractivity contribution < 1.29 is 45.6 Å². The number of amides is 5. The first-order chi connectivity index (χ1) is 31.6. The van der Waals surface area contributed by atoms with E-state index in [1.165, 1.54) is 24.1 Å². The number of carbonyl (C=O) groups is 5. The quantitative estimate of drug-likeness (QED) is 0.0772. The zero-order valence-corrected chi connectivity index (χ0v) is 36.9. The number of hydrogen-bond acceptors (Lipinski definition) is 11. The van der Waals surface area contributed by atoms with Crippen LogP contribution in [0.2, 0.25) is 0 Å². The molecule has 1 unspecified atom stereocenters. The zero-order valence-electron chi connectivity index (χ0n) is 36.1. The largest absolute Gasteiger partial charge is 0.419 e. The lowest BCUT2D eigenvalue weighted by molar-refractivity contribution is -0.138. The van der Waals surface area contributed by atoms with E-state index in [-0.39, 0.29) is 72.2 Å². The summed E-state index contributed by atoms with van der Waals surface area (Å²) >= 11 is 0. The topological polar surface area (TPSA) is 196 Å². The zero-order chi connectivity index (χ0) is 46.8. The monoisotopic (exact) mass is 927 g/mol. The number of piperidine rings is 1. The summed E-state index contributed by atoms with van der Waals surface area (Å²) in [6, 6.07) is 17.9. The molecule has 2 aromatic heterocycles. The molecule has 0 radical (unpaired) electrons. The Labute approximate surface area is 378 Å². The Hall–Kier alpha value is -6.83.